The normalized spacial score (nSPS) is 12.0. The first-order valence-electron chi connectivity index (χ1n) is 4.79. The second-order valence-corrected chi connectivity index (χ2v) is 7.76. The van der Waals surface area contributed by atoms with Gasteiger partial charge in [0.15, 0.2) is 0 Å². The zero-order valence-corrected chi connectivity index (χ0v) is 12.5. The molecule has 0 aromatic carbocycles. The van der Waals surface area contributed by atoms with Crippen LogP contribution in [0.5, 0.6) is 0 Å². The average Bonchev–Trinajstić information content (AvgIpc) is 2.61. The third kappa shape index (κ3) is 3.06. The van der Waals surface area contributed by atoms with Crippen LogP contribution in [0.4, 0.5) is 0 Å². The number of rotatable bonds is 5. The topological polar surface area (TPSA) is 74.7 Å². The number of carbonyl (C=O) groups is 1. The minimum absolute atomic E-state index is 0.000323. The summed E-state index contributed by atoms with van der Waals surface area (Å²) in [7, 11) is -2.14. The molecule has 1 rings (SSSR count). The zero-order valence-electron chi connectivity index (χ0n) is 9.31. The number of aromatic carboxylic acids is 1. The van der Waals surface area contributed by atoms with E-state index in [9.17, 15) is 13.2 Å². The molecule has 0 aliphatic heterocycles. The van der Waals surface area contributed by atoms with Gasteiger partial charge in [0.05, 0.1) is 3.79 Å². The molecule has 0 unspecified atom stereocenters. The molecule has 1 N–H and O–H groups in total. The predicted octanol–water partition coefficient (Wildman–Crippen LogP) is 2.24. The Morgan fingerprint density at radius 1 is 1.59 bits per heavy atom. The largest absolute Gasteiger partial charge is 0.477 e. The number of carboxylic acid groups (broad SMARTS) is 1. The van der Waals surface area contributed by atoms with E-state index in [0.717, 1.165) is 11.3 Å². The second-order valence-electron chi connectivity index (χ2n) is 3.38. The van der Waals surface area contributed by atoms with Crippen LogP contribution in [0.2, 0.25) is 0 Å². The molecule has 0 saturated carbocycles. The maximum atomic E-state index is 12.1. The Hall–Kier alpha value is -0.440. The van der Waals surface area contributed by atoms with E-state index < -0.39 is 16.0 Å². The second kappa shape index (κ2) is 5.47. The molecule has 1 aromatic rings. The molecule has 17 heavy (non-hydrogen) atoms. The highest BCUT2D eigenvalue weighted by molar-refractivity contribution is 9.11. The predicted molar refractivity (Wildman–Crippen MR) is 69.1 cm³/mol. The van der Waals surface area contributed by atoms with Gasteiger partial charge >= 0.3 is 5.97 Å². The van der Waals surface area contributed by atoms with Crippen LogP contribution in [0.15, 0.2) is 14.7 Å². The van der Waals surface area contributed by atoms with Crippen LogP contribution < -0.4 is 0 Å². The van der Waals surface area contributed by atoms with Crippen LogP contribution in [0.3, 0.4) is 0 Å². The van der Waals surface area contributed by atoms with E-state index in [1.807, 2.05) is 6.92 Å². The van der Waals surface area contributed by atoms with E-state index in [4.69, 9.17) is 5.11 Å². The van der Waals surface area contributed by atoms with E-state index in [0.29, 0.717) is 16.8 Å². The van der Waals surface area contributed by atoms with Crippen LogP contribution in [0.1, 0.15) is 23.0 Å². The van der Waals surface area contributed by atoms with Crippen LogP contribution in [0, 0.1) is 0 Å². The first kappa shape index (κ1) is 14.6. The molecule has 0 radical (unpaired) electrons. The van der Waals surface area contributed by atoms with E-state index in [2.05, 4.69) is 15.9 Å². The number of hydrogen-bond acceptors (Lipinski definition) is 4. The minimum Gasteiger partial charge on any atom is -0.477 e. The molecule has 0 saturated heterocycles. The SMILES string of the molecule is CCCN(C)S(=O)(=O)c1cc(C(=O)O)sc1Br. The van der Waals surface area contributed by atoms with E-state index in [1.54, 1.807) is 0 Å². The van der Waals surface area contributed by atoms with E-state index >= 15 is 0 Å². The van der Waals surface area contributed by atoms with Crippen LogP contribution in [0.25, 0.3) is 0 Å². The van der Waals surface area contributed by atoms with Crippen molar-refractivity contribution < 1.29 is 18.3 Å². The number of hydrogen-bond donors (Lipinski definition) is 1. The first-order chi connectivity index (χ1) is 7.80. The molecule has 0 aliphatic carbocycles. The molecule has 8 heteroatoms. The Bertz CT molecular complexity index is 523. The minimum atomic E-state index is -3.61. The highest BCUT2D eigenvalue weighted by Gasteiger charge is 2.26. The van der Waals surface area contributed by atoms with Crippen LogP contribution in [-0.4, -0.2) is 37.4 Å². The lowest BCUT2D eigenvalue weighted by Crippen LogP contribution is -2.27. The summed E-state index contributed by atoms with van der Waals surface area (Å²) in [6.45, 7) is 2.27. The number of halogens is 1. The van der Waals surface area contributed by atoms with Gasteiger partial charge in [0.2, 0.25) is 10.0 Å². The Morgan fingerprint density at radius 3 is 2.59 bits per heavy atom. The van der Waals surface area contributed by atoms with Gasteiger partial charge in [-0.25, -0.2) is 17.5 Å². The fourth-order valence-corrected chi connectivity index (χ4v) is 4.85. The van der Waals surface area contributed by atoms with Gasteiger partial charge in [-0.1, -0.05) is 6.92 Å². The van der Waals surface area contributed by atoms with Crippen molar-refractivity contribution in [1.29, 1.82) is 0 Å². The van der Waals surface area contributed by atoms with Gasteiger partial charge in [0.1, 0.15) is 9.77 Å². The Morgan fingerprint density at radius 2 is 2.18 bits per heavy atom. The summed E-state index contributed by atoms with van der Waals surface area (Å²) in [4.78, 5) is 10.8. The molecular formula is C9H12BrNO4S2. The Kier molecular flexibility index (Phi) is 4.70. The number of thiophene rings is 1. The van der Waals surface area contributed by atoms with Gasteiger partial charge in [-0.05, 0) is 28.4 Å². The Balaban J connectivity index is 3.20. The highest BCUT2D eigenvalue weighted by atomic mass is 79.9. The molecule has 0 atom stereocenters. The smallest absolute Gasteiger partial charge is 0.345 e. The van der Waals surface area contributed by atoms with E-state index in [1.165, 1.54) is 17.4 Å². The van der Waals surface area contributed by atoms with Crippen molar-refractivity contribution in [3.8, 4) is 0 Å². The van der Waals surface area contributed by atoms with Crippen molar-refractivity contribution in [1.82, 2.24) is 4.31 Å². The molecular weight excluding hydrogens is 330 g/mol. The number of carboxylic acids is 1. The van der Waals surface area contributed by atoms with Gasteiger partial charge in [0, 0.05) is 13.6 Å². The van der Waals surface area contributed by atoms with Gasteiger partial charge in [0.25, 0.3) is 0 Å². The maximum Gasteiger partial charge on any atom is 0.345 e. The quantitative estimate of drug-likeness (QED) is 0.891. The first-order valence-corrected chi connectivity index (χ1v) is 7.84. The summed E-state index contributed by atoms with van der Waals surface area (Å²) < 4.78 is 25.7. The van der Waals surface area contributed by atoms with Gasteiger partial charge in [-0.15, -0.1) is 11.3 Å². The van der Waals surface area contributed by atoms with E-state index in [-0.39, 0.29) is 9.77 Å². The summed E-state index contributed by atoms with van der Waals surface area (Å²) in [5.41, 5.74) is 0. The molecule has 96 valence electrons. The fraction of sp³-hybridized carbons (Fsp3) is 0.444. The summed E-state index contributed by atoms with van der Waals surface area (Å²) in [6, 6.07) is 1.18. The summed E-state index contributed by atoms with van der Waals surface area (Å²) in [6.07, 6.45) is 0.698. The molecule has 1 heterocycles. The van der Waals surface area contributed by atoms with Crippen molar-refractivity contribution in [3.63, 3.8) is 0 Å². The summed E-state index contributed by atoms with van der Waals surface area (Å²) in [5.74, 6) is -1.13. The van der Waals surface area contributed by atoms with Crippen LogP contribution >= 0.6 is 27.3 Å². The van der Waals surface area contributed by atoms with Gasteiger partial charge in [-0.3, -0.25) is 0 Å². The monoisotopic (exact) mass is 341 g/mol. The lowest BCUT2D eigenvalue weighted by atomic mass is 10.5. The van der Waals surface area contributed by atoms with Crippen molar-refractivity contribution in [3.05, 3.63) is 14.7 Å². The lowest BCUT2D eigenvalue weighted by Gasteiger charge is -2.15. The summed E-state index contributed by atoms with van der Waals surface area (Å²) in [5, 5.41) is 8.81. The standard InChI is InChI=1S/C9H12BrNO4S2/c1-3-4-11(2)17(14,15)7-5-6(9(12)13)16-8(7)10/h5H,3-4H2,1-2H3,(H,12,13). The number of sulfonamides is 1. The third-order valence-corrected chi connectivity index (χ3v) is 6.19. The molecule has 0 bridgehead atoms. The molecule has 0 fully saturated rings. The highest BCUT2D eigenvalue weighted by Crippen LogP contribution is 2.33. The molecule has 5 nitrogen and oxygen atoms in total. The number of nitrogens with zero attached hydrogens (tertiary/aromatic N) is 1. The van der Waals surface area contributed by atoms with Crippen molar-refractivity contribution in [2.75, 3.05) is 13.6 Å². The molecule has 0 spiro atoms. The third-order valence-electron chi connectivity index (χ3n) is 2.09. The lowest BCUT2D eigenvalue weighted by molar-refractivity contribution is 0.0702. The van der Waals surface area contributed by atoms with Crippen molar-refractivity contribution in [2.45, 2.75) is 18.2 Å². The van der Waals surface area contributed by atoms with Gasteiger partial charge in [-0.2, -0.15) is 0 Å². The molecule has 0 amide bonds. The molecule has 1 aromatic heterocycles. The Labute approximate surface area is 112 Å². The van der Waals surface area contributed by atoms with Crippen molar-refractivity contribution >= 4 is 43.3 Å². The van der Waals surface area contributed by atoms with Crippen LogP contribution in [-0.2, 0) is 10.0 Å². The molecule has 0 aliphatic rings. The summed E-state index contributed by atoms with van der Waals surface area (Å²) >= 11 is 3.99. The van der Waals surface area contributed by atoms with Crippen molar-refractivity contribution in [2.24, 2.45) is 0 Å². The maximum absolute atomic E-state index is 12.1. The van der Waals surface area contributed by atoms with Gasteiger partial charge < -0.3 is 5.11 Å². The average molecular weight is 342 g/mol. The zero-order chi connectivity index (χ0) is 13.2. The fourth-order valence-electron chi connectivity index (χ4n) is 1.24.